The monoisotopic (exact) mass is 156 g/mol. The smallest absolute Gasteiger partial charge is 0.176 e. The lowest BCUT2D eigenvalue weighted by molar-refractivity contribution is 0.585. The number of rotatable bonds is 2. The predicted octanol–water partition coefficient (Wildman–Crippen LogP) is 1.34. The van der Waals surface area contributed by atoms with E-state index in [0.717, 1.165) is 6.54 Å². The van der Waals surface area contributed by atoms with Crippen LogP contribution in [0.3, 0.4) is 0 Å². The Morgan fingerprint density at radius 2 is 2.60 bits per heavy atom. The molecular formula is C7H12N2S. The molecule has 1 atom stereocenters. The summed E-state index contributed by atoms with van der Waals surface area (Å²) in [7, 11) is 0. The van der Waals surface area contributed by atoms with Crippen molar-refractivity contribution < 1.29 is 0 Å². The minimum Gasteiger partial charge on any atom is -0.322 e. The third-order valence-electron chi connectivity index (χ3n) is 1.84. The fourth-order valence-electron chi connectivity index (χ4n) is 1.20. The van der Waals surface area contributed by atoms with Crippen LogP contribution in [0.5, 0.6) is 0 Å². The lowest BCUT2D eigenvalue weighted by Gasteiger charge is -2.20. The quantitative estimate of drug-likeness (QED) is 0.484. The number of hydrogen-bond donors (Lipinski definition) is 1. The molecule has 3 heteroatoms. The molecule has 1 aliphatic rings. The van der Waals surface area contributed by atoms with Gasteiger partial charge in [-0.1, -0.05) is 0 Å². The average Bonchev–Trinajstić information content (AvgIpc) is 2.33. The van der Waals surface area contributed by atoms with Gasteiger partial charge in [0.05, 0.1) is 0 Å². The summed E-state index contributed by atoms with van der Waals surface area (Å²) >= 11 is 1.97. The van der Waals surface area contributed by atoms with Crippen molar-refractivity contribution in [3.63, 3.8) is 0 Å². The molecule has 0 saturated carbocycles. The topological polar surface area (TPSA) is 35.8 Å². The van der Waals surface area contributed by atoms with Crippen molar-refractivity contribution >= 4 is 11.8 Å². The maximum Gasteiger partial charge on any atom is 0.176 e. The van der Waals surface area contributed by atoms with Crippen molar-refractivity contribution in [3.8, 4) is 6.19 Å². The molecule has 1 unspecified atom stereocenters. The highest BCUT2D eigenvalue weighted by atomic mass is 32.2. The molecule has 1 heterocycles. The van der Waals surface area contributed by atoms with E-state index in [9.17, 15) is 0 Å². The molecule has 0 aromatic heterocycles. The molecule has 0 radical (unpaired) electrons. The van der Waals surface area contributed by atoms with Crippen molar-refractivity contribution in [3.05, 3.63) is 0 Å². The summed E-state index contributed by atoms with van der Waals surface area (Å²) < 4.78 is 0.329. The van der Waals surface area contributed by atoms with E-state index < -0.39 is 0 Å². The first kappa shape index (κ1) is 7.74. The standard InChI is InChI=1S/C7H12N2S/c1-7(5-9-6-8)3-2-4-10-7/h9H,2-5H2,1H3. The number of thioether (sulfide) groups is 1. The molecule has 2 nitrogen and oxygen atoms in total. The van der Waals surface area contributed by atoms with Gasteiger partial charge in [0.25, 0.3) is 0 Å². The molecule has 0 amide bonds. The highest BCUT2D eigenvalue weighted by molar-refractivity contribution is 8.00. The second kappa shape index (κ2) is 3.16. The zero-order valence-electron chi connectivity index (χ0n) is 6.18. The Kier molecular flexibility index (Phi) is 2.44. The third kappa shape index (κ3) is 1.81. The number of nitriles is 1. The number of hydrogen-bond acceptors (Lipinski definition) is 3. The Morgan fingerprint density at radius 1 is 1.80 bits per heavy atom. The van der Waals surface area contributed by atoms with Gasteiger partial charge < -0.3 is 5.32 Å². The zero-order valence-corrected chi connectivity index (χ0v) is 7.00. The van der Waals surface area contributed by atoms with E-state index >= 15 is 0 Å². The Balaban J connectivity index is 2.30. The second-order valence-electron chi connectivity index (χ2n) is 2.87. The molecule has 0 spiro atoms. The van der Waals surface area contributed by atoms with E-state index in [4.69, 9.17) is 5.26 Å². The Bertz CT molecular complexity index is 144. The van der Waals surface area contributed by atoms with Crippen LogP contribution in [0.25, 0.3) is 0 Å². The van der Waals surface area contributed by atoms with E-state index in [1.165, 1.54) is 18.6 Å². The summed E-state index contributed by atoms with van der Waals surface area (Å²) in [5, 5.41) is 11.0. The molecule has 1 N–H and O–H groups in total. The first-order chi connectivity index (χ1) is 4.77. The molecule has 1 aliphatic heterocycles. The Morgan fingerprint density at radius 3 is 3.10 bits per heavy atom. The molecule has 10 heavy (non-hydrogen) atoms. The van der Waals surface area contributed by atoms with Gasteiger partial charge in [-0.3, -0.25) is 0 Å². The van der Waals surface area contributed by atoms with Crippen LogP contribution in [0.15, 0.2) is 0 Å². The number of nitrogens with zero attached hydrogens (tertiary/aromatic N) is 1. The van der Waals surface area contributed by atoms with Gasteiger partial charge in [-0.05, 0) is 25.5 Å². The van der Waals surface area contributed by atoms with Crippen LogP contribution >= 0.6 is 11.8 Å². The third-order valence-corrected chi connectivity index (χ3v) is 3.38. The zero-order chi connectivity index (χ0) is 7.45. The number of nitrogens with one attached hydrogen (secondary N) is 1. The molecule has 0 aromatic carbocycles. The van der Waals surface area contributed by atoms with Crippen LogP contribution in [0.2, 0.25) is 0 Å². The summed E-state index contributed by atoms with van der Waals surface area (Å²) in [6, 6.07) is 0. The summed E-state index contributed by atoms with van der Waals surface area (Å²) in [5.41, 5.74) is 0. The molecule has 1 saturated heterocycles. The fourth-order valence-corrected chi connectivity index (χ4v) is 2.45. The van der Waals surface area contributed by atoms with Gasteiger partial charge in [0.2, 0.25) is 0 Å². The SMILES string of the molecule is CC1(CNC#N)CCCS1. The molecule has 1 rings (SSSR count). The highest BCUT2D eigenvalue weighted by Gasteiger charge is 2.28. The molecule has 56 valence electrons. The van der Waals surface area contributed by atoms with E-state index in [1.807, 2.05) is 18.0 Å². The highest BCUT2D eigenvalue weighted by Crippen LogP contribution is 2.36. The van der Waals surface area contributed by atoms with Gasteiger partial charge in [0.1, 0.15) is 0 Å². The molecule has 1 fully saturated rings. The van der Waals surface area contributed by atoms with Crippen molar-refractivity contribution in [2.24, 2.45) is 0 Å². The van der Waals surface area contributed by atoms with Crippen molar-refractivity contribution in [2.45, 2.75) is 24.5 Å². The minimum atomic E-state index is 0.329. The van der Waals surface area contributed by atoms with E-state index in [2.05, 4.69) is 12.2 Å². The molecular weight excluding hydrogens is 144 g/mol. The second-order valence-corrected chi connectivity index (χ2v) is 4.55. The molecule has 0 aromatic rings. The van der Waals surface area contributed by atoms with Crippen LogP contribution in [0.4, 0.5) is 0 Å². The summed E-state index contributed by atoms with van der Waals surface area (Å²) in [4.78, 5) is 0. The van der Waals surface area contributed by atoms with Gasteiger partial charge in [-0.2, -0.15) is 17.0 Å². The van der Waals surface area contributed by atoms with Gasteiger partial charge in [-0.25, -0.2) is 0 Å². The minimum absolute atomic E-state index is 0.329. The van der Waals surface area contributed by atoms with Gasteiger partial charge in [0.15, 0.2) is 6.19 Å². The van der Waals surface area contributed by atoms with Crippen LogP contribution in [0, 0.1) is 11.5 Å². The maximum atomic E-state index is 8.27. The largest absolute Gasteiger partial charge is 0.322 e. The first-order valence-corrected chi connectivity index (χ1v) is 4.51. The average molecular weight is 156 g/mol. The van der Waals surface area contributed by atoms with Crippen LogP contribution in [-0.2, 0) is 0 Å². The van der Waals surface area contributed by atoms with Crippen LogP contribution < -0.4 is 5.32 Å². The van der Waals surface area contributed by atoms with E-state index in [0.29, 0.717) is 4.75 Å². The van der Waals surface area contributed by atoms with Gasteiger partial charge in [0, 0.05) is 11.3 Å². The van der Waals surface area contributed by atoms with Crippen LogP contribution in [-0.4, -0.2) is 17.0 Å². The Hall–Kier alpha value is -0.360. The first-order valence-electron chi connectivity index (χ1n) is 3.53. The van der Waals surface area contributed by atoms with E-state index in [1.54, 1.807) is 0 Å². The van der Waals surface area contributed by atoms with E-state index in [-0.39, 0.29) is 0 Å². The fraction of sp³-hybridized carbons (Fsp3) is 0.857. The van der Waals surface area contributed by atoms with Crippen molar-refractivity contribution in [2.75, 3.05) is 12.3 Å². The summed E-state index contributed by atoms with van der Waals surface area (Å²) in [6.45, 7) is 3.04. The molecule has 0 bridgehead atoms. The summed E-state index contributed by atoms with van der Waals surface area (Å²) in [5.74, 6) is 1.25. The maximum absolute atomic E-state index is 8.27. The lowest BCUT2D eigenvalue weighted by Crippen LogP contribution is -2.29. The van der Waals surface area contributed by atoms with Crippen molar-refractivity contribution in [1.29, 1.82) is 5.26 Å². The molecule has 0 aliphatic carbocycles. The van der Waals surface area contributed by atoms with Gasteiger partial charge >= 0.3 is 0 Å². The van der Waals surface area contributed by atoms with Gasteiger partial charge in [-0.15, -0.1) is 0 Å². The normalized spacial score (nSPS) is 31.6. The predicted molar refractivity (Wildman–Crippen MR) is 43.7 cm³/mol. The van der Waals surface area contributed by atoms with Crippen LogP contribution in [0.1, 0.15) is 19.8 Å². The lowest BCUT2D eigenvalue weighted by atomic mass is 10.1. The summed E-state index contributed by atoms with van der Waals surface area (Å²) in [6.07, 6.45) is 4.50. The van der Waals surface area contributed by atoms with Crippen molar-refractivity contribution in [1.82, 2.24) is 5.32 Å². The Labute approximate surface area is 66.0 Å².